The minimum Gasteiger partial charge on any atom is -0.319 e. The van der Waals surface area contributed by atoms with E-state index < -0.39 is 6.04 Å². The third-order valence-corrected chi connectivity index (χ3v) is 12.6. The van der Waals surface area contributed by atoms with Crippen LogP contribution >= 0.6 is 60.1 Å². The summed E-state index contributed by atoms with van der Waals surface area (Å²) in [6.45, 7) is 0. The Labute approximate surface area is 291 Å². The number of alkyl halides is 2. The van der Waals surface area contributed by atoms with E-state index in [1.54, 1.807) is 0 Å². The fraction of sp³-hybridized carbons (Fsp3) is 0.714. The van der Waals surface area contributed by atoms with Crippen LogP contribution in [0.15, 0.2) is 0 Å². The quantitative estimate of drug-likeness (QED) is 0.178. The summed E-state index contributed by atoms with van der Waals surface area (Å²) in [5, 5.41) is 9.12. The molecule has 13 nitrogen and oxygen atoms in total. The third-order valence-electron chi connectivity index (χ3n) is 9.79. The normalized spacial score (nSPS) is 31.2. The van der Waals surface area contributed by atoms with Crippen LogP contribution in [0, 0.1) is 21.7 Å². The van der Waals surface area contributed by atoms with Crippen LogP contribution in [0.1, 0.15) is 83.5 Å². The summed E-state index contributed by atoms with van der Waals surface area (Å²) < 4.78 is 0. The van der Waals surface area contributed by atoms with Gasteiger partial charge in [-0.2, -0.15) is 0 Å². The number of hydrogen-bond acceptors (Lipinski definition) is 9. The number of nitrogens with two attached hydrogens (primary N) is 1. The molecular formula is C28H35Br4N5O8. The van der Waals surface area contributed by atoms with E-state index in [0.717, 1.165) is 51.4 Å². The fourth-order valence-electron chi connectivity index (χ4n) is 6.18. The summed E-state index contributed by atoms with van der Waals surface area (Å²) in [5.41, 5.74) is 5.54. The van der Waals surface area contributed by atoms with Gasteiger partial charge in [0.25, 0.3) is 0 Å². The van der Waals surface area contributed by atoms with Crippen molar-refractivity contribution in [2.75, 3.05) is 0 Å². The van der Waals surface area contributed by atoms with E-state index >= 15 is 0 Å². The van der Waals surface area contributed by atoms with Gasteiger partial charge in [-0.3, -0.25) is 59.6 Å². The highest BCUT2D eigenvalue weighted by Crippen LogP contribution is 2.57. The van der Waals surface area contributed by atoms with Gasteiger partial charge < -0.3 is 5.73 Å². The molecule has 8 aliphatic rings. The molecule has 8 rings (SSSR count). The van der Waals surface area contributed by atoms with Gasteiger partial charge in [0, 0.05) is 76.6 Å². The minimum absolute atomic E-state index is 0.0145. The maximum atomic E-state index is 11.1. The van der Waals surface area contributed by atoms with E-state index in [1.807, 2.05) is 0 Å². The Hall–Kier alpha value is -1.56. The second-order valence-corrected chi connectivity index (χ2v) is 15.2. The largest absolute Gasteiger partial charge is 0.319 e. The fourth-order valence-corrected chi connectivity index (χ4v) is 7.65. The van der Waals surface area contributed by atoms with Crippen molar-refractivity contribution in [3.8, 4) is 0 Å². The first-order valence-electron chi connectivity index (χ1n) is 14.6. The Kier molecular flexibility index (Phi) is 11.2. The summed E-state index contributed by atoms with van der Waals surface area (Å²) in [6, 6.07) is -0.458. The van der Waals surface area contributed by atoms with Crippen molar-refractivity contribution in [3.05, 3.63) is 0 Å². The topological polar surface area (TPSA) is 211 Å². The summed E-state index contributed by atoms with van der Waals surface area (Å²) in [5.74, 6) is -1.24. The summed E-state index contributed by atoms with van der Waals surface area (Å²) >= 11 is 12.1. The van der Waals surface area contributed by atoms with Gasteiger partial charge in [0.2, 0.25) is 47.3 Å². The van der Waals surface area contributed by atoms with Gasteiger partial charge in [-0.25, -0.2) is 0 Å². The molecule has 4 spiro atoms. The molecule has 0 aromatic rings. The highest BCUT2D eigenvalue weighted by molar-refractivity contribution is 9.93. The highest BCUT2D eigenvalue weighted by atomic mass is 80.9. The predicted molar refractivity (Wildman–Crippen MR) is 174 cm³/mol. The molecule has 248 valence electrons. The van der Waals surface area contributed by atoms with Crippen LogP contribution in [0.5, 0.6) is 0 Å². The maximum Gasteiger partial charge on any atom is 0.244 e. The Bertz CT molecular complexity index is 1170. The first kappa shape index (κ1) is 36.3. The number of halogens is 4. The molecule has 4 aliphatic heterocycles. The first-order chi connectivity index (χ1) is 21.1. The maximum absolute atomic E-state index is 11.1. The predicted octanol–water partition coefficient (Wildman–Crippen LogP) is 2.19. The Morgan fingerprint density at radius 3 is 1.11 bits per heavy atom. The molecule has 6 N–H and O–H groups in total. The van der Waals surface area contributed by atoms with Crippen molar-refractivity contribution in [2.24, 2.45) is 27.4 Å². The van der Waals surface area contributed by atoms with E-state index in [0.29, 0.717) is 32.1 Å². The standard InChI is InChI=1S/2C7H8BrNO2.C7H10N2O2.C7H9NO2.Br2/c3*8-5-6(11)9-4(10)3-7(5)1-2-7;9-5-3-7(1-2-7)4-6(10)8-5;1-2/h2*5H,1-3H2,(H,9,10,11);5H,1-3,8H2,(H,9,10,11);1-4H2,(H,8,9,10);. The van der Waals surface area contributed by atoms with Crippen molar-refractivity contribution in [2.45, 2.75) is 99.2 Å². The summed E-state index contributed by atoms with van der Waals surface area (Å²) in [6.07, 6.45) is 10.6. The van der Waals surface area contributed by atoms with Crippen LogP contribution in [-0.4, -0.2) is 63.0 Å². The molecule has 4 saturated heterocycles. The number of carbonyl (C=O) groups is 8. The lowest BCUT2D eigenvalue weighted by Gasteiger charge is -2.26. The van der Waals surface area contributed by atoms with Crippen molar-refractivity contribution >= 4 is 107 Å². The highest BCUT2D eigenvalue weighted by Gasteiger charge is 2.57. The van der Waals surface area contributed by atoms with Crippen molar-refractivity contribution < 1.29 is 38.4 Å². The Morgan fingerprint density at radius 1 is 0.467 bits per heavy atom. The van der Waals surface area contributed by atoms with E-state index in [2.05, 4.69) is 81.4 Å². The molecule has 8 amide bonds. The summed E-state index contributed by atoms with van der Waals surface area (Å²) in [4.78, 5) is 87.2. The number of hydrogen-bond donors (Lipinski definition) is 5. The van der Waals surface area contributed by atoms with Gasteiger partial charge in [0.15, 0.2) is 0 Å². The molecule has 0 bridgehead atoms. The van der Waals surface area contributed by atoms with Gasteiger partial charge in [-0.05, 0) is 56.8 Å². The van der Waals surface area contributed by atoms with Crippen LogP contribution < -0.4 is 27.0 Å². The average molecular weight is 889 g/mol. The zero-order valence-corrected chi connectivity index (χ0v) is 30.6. The number of nitrogens with one attached hydrogen (secondary N) is 4. The number of amides is 8. The third kappa shape index (κ3) is 8.68. The van der Waals surface area contributed by atoms with E-state index in [-0.39, 0.29) is 78.6 Å². The second-order valence-electron chi connectivity index (χ2n) is 13.4. The number of carbonyl (C=O) groups excluding carboxylic acids is 8. The molecule has 4 aliphatic carbocycles. The average Bonchev–Trinajstić information content (AvgIpc) is 3.75. The summed E-state index contributed by atoms with van der Waals surface area (Å²) in [7, 11) is 0. The molecule has 45 heavy (non-hydrogen) atoms. The SMILES string of the molecule is BrBr.NC1C(=O)NC(=O)CC12CC2.O=C1CC2(CC2)C(Br)C(=O)N1.O=C1CC2(CC2)C(Br)C(=O)N1.O=C1CC2(CC2)CC(=O)N1. The van der Waals surface area contributed by atoms with Crippen molar-refractivity contribution in [1.82, 2.24) is 21.3 Å². The van der Waals surface area contributed by atoms with Gasteiger partial charge >= 0.3 is 0 Å². The van der Waals surface area contributed by atoms with E-state index in [4.69, 9.17) is 5.73 Å². The molecular weight excluding hydrogens is 854 g/mol. The smallest absolute Gasteiger partial charge is 0.244 e. The molecule has 8 fully saturated rings. The zero-order valence-electron chi connectivity index (χ0n) is 24.3. The van der Waals surface area contributed by atoms with Crippen LogP contribution in [0.4, 0.5) is 0 Å². The Balaban J connectivity index is 0.000000134. The molecule has 3 unspecified atom stereocenters. The molecule has 4 saturated carbocycles. The molecule has 4 heterocycles. The number of piperidine rings is 4. The molecule has 0 radical (unpaired) electrons. The van der Waals surface area contributed by atoms with Crippen LogP contribution in [0.3, 0.4) is 0 Å². The Morgan fingerprint density at radius 2 is 0.778 bits per heavy atom. The first-order valence-corrected chi connectivity index (χ1v) is 20.2. The van der Waals surface area contributed by atoms with E-state index in [9.17, 15) is 38.4 Å². The van der Waals surface area contributed by atoms with Gasteiger partial charge in [-0.15, -0.1) is 0 Å². The molecule has 17 heteroatoms. The van der Waals surface area contributed by atoms with Gasteiger partial charge in [0.1, 0.15) is 0 Å². The van der Waals surface area contributed by atoms with E-state index in [1.165, 1.54) is 0 Å². The lowest BCUT2D eigenvalue weighted by molar-refractivity contribution is -0.138. The van der Waals surface area contributed by atoms with Crippen LogP contribution in [0.2, 0.25) is 0 Å². The lowest BCUT2D eigenvalue weighted by Crippen LogP contribution is -2.54. The molecule has 0 aromatic carbocycles. The number of imide groups is 4. The zero-order chi connectivity index (χ0) is 33.4. The molecule has 0 aromatic heterocycles. The minimum atomic E-state index is -0.458. The van der Waals surface area contributed by atoms with Crippen LogP contribution in [-0.2, 0) is 38.4 Å². The van der Waals surface area contributed by atoms with Crippen molar-refractivity contribution in [3.63, 3.8) is 0 Å². The lowest BCUT2D eigenvalue weighted by atomic mass is 9.89. The van der Waals surface area contributed by atoms with Crippen molar-refractivity contribution in [1.29, 1.82) is 0 Å². The molecule has 3 atom stereocenters. The van der Waals surface area contributed by atoms with Gasteiger partial charge in [0.05, 0.1) is 15.7 Å². The van der Waals surface area contributed by atoms with Crippen LogP contribution in [0.25, 0.3) is 0 Å². The van der Waals surface area contributed by atoms with Gasteiger partial charge in [-0.1, -0.05) is 31.9 Å². The second kappa shape index (κ2) is 13.9. The number of rotatable bonds is 0. The monoisotopic (exact) mass is 885 g/mol.